The second-order valence-electron chi connectivity index (χ2n) is 4.88. The zero-order valence-electron chi connectivity index (χ0n) is 12.4. The summed E-state index contributed by atoms with van der Waals surface area (Å²) in [6.07, 6.45) is 0. The van der Waals surface area contributed by atoms with E-state index in [9.17, 15) is 0 Å². The standard InChI is InChI=1S/C17H19Cl2NO/c1-4-20-17(14-9-12(18)6-5-11(14)2)15-10-13(19)7-8-16(15)21-3/h5-10,17,20H,4H2,1-3H3. The maximum atomic E-state index is 6.17. The third-order valence-corrected chi connectivity index (χ3v) is 3.93. The Kier molecular flexibility index (Phi) is 5.51. The van der Waals surface area contributed by atoms with Gasteiger partial charge < -0.3 is 10.1 Å². The molecule has 0 aliphatic heterocycles. The molecular weight excluding hydrogens is 305 g/mol. The highest BCUT2D eigenvalue weighted by Gasteiger charge is 2.20. The zero-order chi connectivity index (χ0) is 15.4. The van der Waals surface area contributed by atoms with Crippen LogP contribution in [0.15, 0.2) is 36.4 Å². The van der Waals surface area contributed by atoms with Gasteiger partial charge in [0.2, 0.25) is 0 Å². The van der Waals surface area contributed by atoms with Gasteiger partial charge in [-0.15, -0.1) is 0 Å². The third-order valence-electron chi connectivity index (χ3n) is 3.46. The number of ether oxygens (including phenoxy) is 1. The molecule has 0 saturated heterocycles. The molecular formula is C17H19Cl2NO. The van der Waals surface area contributed by atoms with Gasteiger partial charge in [0, 0.05) is 15.6 Å². The Hall–Kier alpha value is -1.22. The third kappa shape index (κ3) is 3.70. The van der Waals surface area contributed by atoms with E-state index in [1.165, 1.54) is 5.56 Å². The van der Waals surface area contributed by atoms with Crippen molar-refractivity contribution in [3.8, 4) is 5.75 Å². The molecule has 0 saturated carbocycles. The van der Waals surface area contributed by atoms with Gasteiger partial charge in [0.1, 0.15) is 5.75 Å². The van der Waals surface area contributed by atoms with Gasteiger partial charge in [0.25, 0.3) is 0 Å². The summed E-state index contributed by atoms with van der Waals surface area (Å²) in [7, 11) is 1.67. The van der Waals surface area contributed by atoms with E-state index in [1.807, 2.05) is 36.4 Å². The van der Waals surface area contributed by atoms with E-state index in [0.717, 1.165) is 28.4 Å². The van der Waals surface area contributed by atoms with Crippen molar-refractivity contribution >= 4 is 23.2 Å². The summed E-state index contributed by atoms with van der Waals surface area (Å²) in [6, 6.07) is 11.6. The Labute approximate surface area is 136 Å². The fourth-order valence-electron chi connectivity index (χ4n) is 2.44. The minimum Gasteiger partial charge on any atom is -0.496 e. The molecule has 2 aromatic rings. The SMILES string of the molecule is CCNC(c1cc(Cl)ccc1C)c1cc(Cl)ccc1OC. The number of nitrogens with one attached hydrogen (secondary N) is 1. The van der Waals surface area contributed by atoms with Crippen molar-refractivity contribution in [2.45, 2.75) is 19.9 Å². The molecule has 2 nitrogen and oxygen atoms in total. The lowest BCUT2D eigenvalue weighted by atomic mass is 9.94. The Morgan fingerprint density at radius 2 is 1.67 bits per heavy atom. The van der Waals surface area contributed by atoms with Crippen LogP contribution in [0.1, 0.15) is 29.7 Å². The van der Waals surface area contributed by atoms with E-state index in [4.69, 9.17) is 27.9 Å². The highest BCUT2D eigenvalue weighted by Crippen LogP contribution is 2.34. The first-order valence-corrected chi connectivity index (χ1v) is 7.65. The number of methoxy groups -OCH3 is 1. The van der Waals surface area contributed by atoms with Gasteiger partial charge in [0.05, 0.1) is 13.2 Å². The minimum atomic E-state index is -0.0117. The van der Waals surface area contributed by atoms with Crippen LogP contribution >= 0.6 is 23.2 Å². The van der Waals surface area contributed by atoms with E-state index in [1.54, 1.807) is 7.11 Å². The van der Waals surface area contributed by atoms with E-state index >= 15 is 0 Å². The summed E-state index contributed by atoms with van der Waals surface area (Å²) >= 11 is 12.3. The lowest BCUT2D eigenvalue weighted by Crippen LogP contribution is -2.23. The number of aryl methyl sites for hydroxylation is 1. The fraction of sp³-hybridized carbons (Fsp3) is 0.294. The van der Waals surface area contributed by atoms with E-state index < -0.39 is 0 Å². The van der Waals surface area contributed by atoms with Crippen LogP contribution in [0.25, 0.3) is 0 Å². The smallest absolute Gasteiger partial charge is 0.124 e. The largest absolute Gasteiger partial charge is 0.496 e. The zero-order valence-corrected chi connectivity index (χ0v) is 13.9. The van der Waals surface area contributed by atoms with Crippen molar-refractivity contribution in [3.63, 3.8) is 0 Å². The predicted octanol–water partition coefficient (Wildman–Crippen LogP) is 5.01. The van der Waals surface area contributed by atoms with Gasteiger partial charge >= 0.3 is 0 Å². The van der Waals surface area contributed by atoms with Crippen LogP contribution in [-0.4, -0.2) is 13.7 Å². The first-order valence-electron chi connectivity index (χ1n) is 6.89. The molecule has 0 spiro atoms. The van der Waals surface area contributed by atoms with Crippen molar-refractivity contribution in [2.75, 3.05) is 13.7 Å². The van der Waals surface area contributed by atoms with E-state index in [2.05, 4.69) is 19.2 Å². The molecule has 0 heterocycles. The van der Waals surface area contributed by atoms with Crippen LogP contribution in [0.2, 0.25) is 10.0 Å². The fourth-order valence-corrected chi connectivity index (χ4v) is 2.81. The lowest BCUT2D eigenvalue weighted by molar-refractivity contribution is 0.404. The molecule has 0 radical (unpaired) electrons. The summed E-state index contributed by atoms with van der Waals surface area (Å²) in [5.74, 6) is 0.810. The molecule has 1 atom stereocenters. The quantitative estimate of drug-likeness (QED) is 0.835. The molecule has 1 N–H and O–H groups in total. The van der Waals surface area contributed by atoms with E-state index in [0.29, 0.717) is 5.02 Å². The molecule has 1 unspecified atom stereocenters. The maximum Gasteiger partial charge on any atom is 0.124 e. The van der Waals surface area contributed by atoms with Gasteiger partial charge in [-0.3, -0.25) is 0 Å². The molecule has 4 heteroatoms. The van der Waals surface area contributed by atoms with Crippen molar-refractivity contribution in [1.29, 1.82) is 0 Å². The average molecular weight is 324 g/mol. The summed E-state index contributed by atoms with van der Waals surface area (Å²) in [4.78, 5) is 0. The first kappa shape index (κ1) is 16.2. The van der Waals surface area contributed by atoms with Gasteiger partial charge in [-0.1, -0.05) is 36.2 Å². The second kappa shape index (κ2) is 7.17. The molecule has 0 fully saturated rings. The number of hydrogen-bond donors (Lipinski definition) is 1. The molecule has 112 valence electrons. The topological polar surface area (TPSA) is 21.3 Å². The summed E-state index contributed by atoms with van der Waals surface area (Å²) in [5, 5.41) is 4.90. The monoisotopic (exact) mass is 323 g/mol. The Morgan fingerprint density at radius 1 is 1.05 bits per heavy atom. The normalized spacial score (nSPS) is 12.2. The molecule has 21 heavy (non-hydrogen) atoms. The summed E-state index contributed by atoms with van der Waals surface area (Å²) < 4.78 is 5.49. The van der Waals surface area contributed by atoms with Crippen molar-refractivity contribution in [2.24, 2.45) is 0 Å². The van der Waals surface area contributed by atoms with Gasteiger partial charge in [-0.2, -0.15) is 0 Å². The van der Waals surface area contributed by atoms with Crippen LogP contribution in [-0.2, 0) is 0 Å². The molecule has 0 bridgehead atoms. The van der Waals surface area contributed by atoms with Crippen LogP contribution < -0.4 is 10.1 Å². The second-order valence-corrected chi connectivity index (χ2v) is 5.75. The van der Waals surface area contributed by atoms with Crippen LogP contribution in [0.4, 0.5) is 0 Å². The van der Waals surface area contributed by atoms with Gasteiger partial charge in [0.15, 0.2) is 0 Å². The number of benzene rings is 2. The number of hydrogen-bond acceptors (Lipinski definition) is 2. The highest BCUT2D eigenvalue weighted by molar-refractivity contribution is 6.31. The number of halogens is 2. The van der Waals surface area contributed by atoms with Crippen LogP contribution in [0, 0.1) is 6.92 Å². The average Bonchev–Trinajstić information content (AvgIpc) is 2.47. The summed E-state index contributed by atoms with van der Waals surface area (Å²) in [6.45, 7) is 4.98. The predicted molar refractivity (Wildman–Crippen MR) is 89.7 cm³/mol. The molecule has 2 aromatic carbocycles. The molecule has 0 amide bonds. The minimum absolute atomic E-state index is 0.0117. The molecule has 0 aliphatic rings. The molecule has 0 aliphatic carbocycles. The maximum absolute atomic E-state index is 6.17. The van der Waals surface area contributed by atoms with Gasteiger partial charge in [-0.25, -0.2) is 0 Å². The Bertz CT molecular complexity index is 628. The Balaban J connectivity index is 2.58. The number of rotatable bonds is 5. The highest BCUT2D eigenvalue weighted by atomic mass is 35.5. The van der Waals surface area contributed by atoms with Crippen molar-refractivity contribution in [3.05, 3.63) is 63.1 Å². The van der Waals surface area contributed by atoms with E-state index in [-0.39, 0.29) is 6.04 Å². The van der Waals surface area contributed by atoms with Gasteiger partial charge in [-0.05, 0) is 54.9 Å². The first-order chi connectivity index (χ1) is 10.1. The lowest BCUT2D eigenvalue weighted by Gasteiger charge is -2.23. The van der Waals surface area contributed by atoms with Crippen molar-refractivity contribution < 1.29 is 4.74 Å². The van der Waals surface area contributed by atoms with Crippen LogP contribution in [0.3, 0.4) is 0 Å². The Morgan fingerprint density at radius 3 is 2.29 bits per heavy atom. The molecule has 2 rings (SSSR count). The van der Waals surface area contributed by atoms with Crippen molar-refractivity contribution in [1.82, 2.24) is 5.32 Å². The summed E-state index contributed by atoms with van der Waals surface area (Å²) in [5.41, 5.74) is 3.31. The molecule has 0 aromatic heterocycles. The van der Waals surface area contributed by atoms with Crippen LogP contribution in [0.5, 0.6) is 5.75 Å².